The SMILES string of the molecule is CNC(=O)CCCCCCCCCCN1CCN(c2nc(N)nc(NC3CN(CC(=O)O)CCN(CC(=O)O)CCN(CC(=O)O)CCN3CC(=O)O)n2)CC1. The Kier molecular flexibility index (Phi) is 20.5. The molecule has 0 radical (unpaired) electrons. The summed E-state index contributed by atoms with van der Waals surface area (Å²) in [5, 5.41) is 44.5. The molecule has 0 spiro atoms. The van der Waals surface area contributed by atoms with Crippen LogP contribution < -0.4 is 21.3 Å². The second-order valence-electron chi connectivity index (χ2n) is 14.4. The van der Waals surface area contributed by atoms with Crippen LogP contribution in [0.2, 0.25) is 0 Å². The van der Waals surface area contributed by atoms with Crippen LogP contribution in [0.4, 0.5) is 17.8 Å². The Morgan fingerprint density at radius 1 is 0.607 bits per heavy atom. The Bertz CT molecular complexity index is 1400. The van der Waals surface area contributed by atoms with Crippen molar-refractivity contribution in [3.8, 4) is 0 Å². The Labute approximate surface area is 328 Å². The third kappa shape index (κ3) is 18.5. The molecule has 2 fully saturated rings. The predicted octanol–water partition coefficient (Wildman–Crippen LogP) is -0.869. The maximum absolute atomic E-state index is 12.1. The van der Waals surface area contributed by atoms with E-state index in [9.17, 15) is 44.4 Å². The Morgan fingerprint density at radius 2 is 1.09 bits per heavy atom. The quantitative estimate of drug-likeness (QED) is 0.0703. The molecule has 0 saturated carbocycles. The zero-order chi connectivity index (χ0) is 40.9. The number of nitrogen functional groups attached to an aromatic ring is 1. The lowest BCUT2D eigenvalue weighted by molar-refractivity contribution is -0.141. The topological polar surface area (TPSA) is 274 Å². The van der Waals surface area contributed by atoms with Gasteiger partial charge in [-0.1, -0.05) is 38.5 Å². The zero-order valence-electron chi connectivity index (χ0n) is 32.7. The molecule has 1 aromatic heterocycles. The smallest absolute Gasteiger partial charge is 0.317 e. The van der Waals surface area contributed by atoms with Crippen molar-refractivity contribution in [3.05, 3.63) is 0 Å². The molecule has 0 bridgehead atoms. The number of carbonyl (C=O) groups excluding carboxylic acids is 1. The second kappa shape index (κ2) is 24.9. The van der Waals surface area contributed by atoms with Crippen LogP contribution in [0.25, 0.3) is 0 Å². The first-order valence-electron chi connectivity index (χ1n) is 19.6. The molecular formula is C35H62N12O9. The number of carboxylic acid groups (broad SMARTS) is 4. The fraction of sp³-hybridized carbons (Fsp3) is 0.771. The molecule has 1 unspecified atom stereocenters. The number of amides is 1. The van der Waals surface area contributed by atoms with E-state index in [2.05, 4.69) is 30.5 Å². The minimum absolute atomic E-state index is 0.0157. The summed E-state index contributed by atoms with van der Waals surface area (Å²) in [5.41, 5.74) is 6.16. The minimum atomic E-state index is -1.15. The number of aliphatic carboxylic acids is 4. The van der Waals surface area contributed by atoms with Gasteiger partial charge in [-0.2, -0.15) is 15.0 Å². The molecule has 316 valence electrons. The number of hydrogen-bond donors (Lipinski definition) is 7. The standard InChI is InChI=1S/C35H62N12O9/c1-37-28(48)10-8-6-4-2-3-5-7-9-11-42-16-19-46(20-17-42)35-40-33(36)39-34(41-35)38-27-22-45(25-31(53)54)15-14-43(23-29(49)50)12-13-44(24-30(51)52)18-21-47(27)26-32(55)56/h27H,2-26H2,1H3,(H,37,48)(H,49,50)(H,51,52)(H,53,54)(H,55,56)(H3,36,38,39,40,41). The third-order valence-electron chi connectivity index (χ3n) is 9.95. The molecule has 0 aromatic carbocycles. The van der Waals surface area contributed by atoms with Crippen molar-refractivity contribution >= 4 is 47.6 Å². The van der Waals surface area contributed by atoms with E-state index in [0.717, 1.165) is 45.3 Å². The van der Waals surface area contributed by atoms with E-state index in [-0.39, 0.29) is 76.7 Å². The first-order chi connectivity index (χ1) is 26.8. The van der Waals surface area contributed by atoms with Gasteiger partial charge in [-0.25, -0.2) is 0 Å². The molecular weight excluding hydrogens is 732 g/mol. The van der Waals surface area contributed by atoms with E-state index < -0.39 is 43.1 Å². The number of piperazine rings is 1. The van der Waals surface area contributed by atoms with E-state index >= 15 is 0 Å². The van der Waals surface area contributed by atoms with Crippen LogP contribution in [0.5, 0.6) is 0 Å². The maximum Gasteiger partial charge on any atom is 0.317 e. The van der Waals surface area contributed by atoms with E-state index in [4.69, 9.17) is 5.73 Å². The highest BCUT2D eigenvalue weighted by Gasteiger charge is 2.29. The molecule has 56 heavy (non-hydrogen) atoms. The van der Waals surface area contributed by atoms with E-state index in [0.29, 0.717) is 25.5 Å². The summed E-state index contributed by atoms with van der Waals surface area (Å²) in [4.78, 5) is 82.7. The number of carbonyl (C=O) groups is 5. The fourth-order valence-electron chi connectivity index (χ4n) is 6.91. The molecule has 21 heteroatoms. The molecule has 2 aliphatic heterocycles. The lowest BCUT2D eigenvalue weighted by atomic mass is 10.1. The van der Waals surface area contributed by atoms with Gasteiger partial charge in [0.05, 0.1) is 32.3 Å². The second-order valence-corrected chi connectivity index (χ2v) is 14.4. The predicted molar refractivity (Wildman–Crippen MR) is 207 cm³/mol. The Morgan fingerprint density at radius 3 is 1.64 bits per heavy atom. The van der Waals surface area contributed by atoms with Crippen molar-refractivity contribution < 1.29 is 44.4 Å². The van der Waals surface area contributed by atoms with Gasteiger partial charge in [-0.05, 0) is 19.4 Å². The molecule has 2 aliphatic rings. The van der Waals surface area contributed by atoms with Crippen molar-refractivity contribution in [2.24, 2.45) is 0 Å². The number of rotatable bonds is 22. The summed E-state index contributed by atoms with van der Waals surface area (Å²) >= 11 is 0. The van der Waals surface area contributed by atoms with Crippen molar-refractivity contribution in [2.45, 2.75) is 64.0 Å². The van der Waals surface area contributed by atoms with Gasteiger partial charge in [-0.3, -0.25) is 48.5 Å². The summed E-state index contributed by atoms with van der Waals surface area (Å²) in [7, 11) is 1.67. The van der Waals surface area contributed by atoms with E-state index in [1.54, 1.807) is 26.6 Å². The number of nitrogens with two attached hydrogens (primary N) is 1. The average Bonchev–Trinajstić information content (AvgIpc) is 3.13. The van der Waals surface area contributed by atoms with Gasteiger partial charge >= 0.3 is 23.9 Å². The molecule has 2 saturated heterocycles. The van der Waals surface area contributed by atoms with E-state index in [1.165, 1.54) is 25.7 Å². The number of unbranched alkanes of at least 4 members (excludes halogenated alkanes) is 7. The Balaban J connectivity index is 1.66. The van der Waals surface area contributed by atoms with Crippen LogP contribution in [-0.4, -0.2) is 208 Å². The van der Waals surface area contributed by atoms with Gasteiger partial charge in [0.15, 0.2) is 0 Å². The Hall–Kier alpha value is -4.44. The molecule has 1 aromatic rings. The summed E-state index contributed by atoms with van der Waals surface area (Å²) in [5.74, 6) is -3.95. The molecule has 1 amide bonds. The van der Waals surface area contributed by atoms with Gasteiger partial charge in [0, 0.05) is 85.5 Å². The third-order valence-corrected chi connectivity index (χ3v) is 9.95. The lowest BCUT2D eigenvalue weighted by Gasteiger charge is -2.38. The highest BCUT2D eigenvalue weighted by molar-refractivity contribution is 5.75. The van der Waals surface area contributed by atoms with Crippen LogP contribution in [0.1, 0.15) is 57.8 Å². The minimum Gasteiger partial charge on any atom is -0.480 e. The zero-order valence-corrected chi connectivity index (χ0v) is 32.7. The van der Waals surface area contributed by atoms with Crippen molar-refractivity contribution in [2.75, 3.05) is 128 Å². The van der Waals surface area contributed by atoms with Gasteiger partial charge in [-0.15, -0.1) is 0 Å². The number of nitrogens with zero attached hydrogens (tertiary/aromatic N) is 9. The molecule has 3 rings (SSSR count). The lowest BCUT2D eigenvalue weighted by Crippen LogP contribution is -2.55. The largest absolute Gasteiger partial charge is 0.480 e. The molecule has 0 aliphatic carbocycles. The van der Waals surface area contributed by atoms with Gasteiger partial charge in [0.2, 0.25) is 23.8 Å². The highest BCUT2D eigenvalue weighted by Crippen LogP contribution is 2.18. The average molecular weight is 795 g/mol. The number of anilines is 3. The molecule has 3 heterocycles. The number of aromatic nitrogens is 3. The summed E-state index contributed by atoms with van der Waals surface area (Å²) in [6.07, 6.45) is 8.77. The highest BCUT2D eigenvalue weighted by atomic mass is 16.4. The summed E-state index contributed by atoms with van der Waals surface area (Å²) < 4.78 is 0. The van der Waals surface area contributed by atoms with Crippen LogP contribution in [0.3, 0.4) is 0 Å². The van der Waals surface area contributed by atoms with Gasteiger partial charge in [0.1, 0.15) is 0 Å². The van der Waals surface area contributed by atoms with Crippen LogP contribution in [-0.2, 0) is 24.0 Å². The molecule has 1 atom stereocenters. The van der Waals surface area contributed by atoms with Crippen molar-refractivity contribution in [1.29, 1.82) is 0 Å². The monoisotopic (exact) mass is 794 g/mol. The van der Waals surface area contributed by atoms with Crippen LogP contribution in [0.15, 0.2) is 0 Å². The summed E-state index contributed by atoms with van der Waals surface area (Å²) in [6.45, 7) is 3.33. The molecule has 8 N–H and O–H groups in total. The van der Waals surface area contributed by atoms with Crippen molar-refractivity contribution in [1.82, 2.24) is 44.8 Å². The maximum atomic E-state index is 12.1. The van der Waals surface area contributed by atoms with Crippen LogP contribution in [0, 0.1) is 0 Å². The van der Waals surface area contributed by atoms with Crippen molar-refractivity contribution in [3.63, 3.8) is 0 Å². The molecule has 21 nitrogen and oxygen atoms in total. The van der Waals surface area contributed by atoms with Crippen LogP contribution >= 0.6 is 0 Å². The first-order valence-corrected chi connectivity index (χ1v) is 19.6. The summed E-state index contributed by atoms with van der Waals surface area (Å²) in [6, 6.07) is 0. The number of hydrogen-bond acceptors (Lipinski definition) is 16. The van der Waals surface area contributed by atoms with E-state index in [1.807, 2.05) is 4.90 Å². The fourth-order valence-corrected chi connectivity index (χ4v) is 6.91. The first kappa shape index (κ1) is 45.9. The number of carboxylic acids is 4. The number of nitrogens with one attached hydrogen (secondary N) is 2. The van der Waals surface area contributed by atoms with Gasteiger partial charge < -0.3 is 41.7 Å². The normalized spacial score (nSPS) is 18.8. The van der Waals surface area contributed by atoms with Gasteiger partial charge in [0.25, 0.3) is 0 Å².